The van der Waals surface area contributed by atoms with Crippen LogP contribution in [0.4, 0.5) is 0 Å². The summed E-state index contributed by atoms with van der Waals surface area (Å²) in [5.74, 6) is 1.65. The Morgan fingerprint density at radius 1 is 1.46 bits per heavy atom. The van der Waals surface area contributed by atoms with E-state index in [0.29, 0.717) is 0 Å². The van der Waals surface area contributed by atoms with Gasteiger partial charge in [-0.25, -0.2) is 4.98 Å². The van der Waals surface area contributed by atoms with E-state index < -0.39 is 0 Å². The molecule has 70 valence electrons. The number of nitrogens with zero attached hydrogens (tertiary/aromatic N) is 1. The Hall–Kier alpha value is -0.570. The summed E-state index contributed by atoms with van der Waals surface area (Å²) in [6.45, 7) is 0.805. The molecule has 0 atom stereocenters. The van der Waals surface area contributed by atoms with Gasteiger partial charge in [-0.15, -0.1) is 0 Å². The van der Waals surface area contributed by atoms with Gasteiger partial charge >= 0.3 is 0 Å². The van der Waals surface area contributed by atoms with Gasteiger partial charge in [0.15, 0.2) is 0 Å². The van der Waals surface area contributed by atoms with E-state index in [1.54, 1.807) is 6.20 Å². The zero-order chi connectivity index (χ0) is 9.10. The quantitative estimate of drug-likeness (QED) is 0.809. The molecule has 3 heteroatoms. The number of hydrogen-bond acceptors (Lipinski definition) is 2. The van der Waals surface area contributed by atoms with Gasteiger partial charge in [0.25, 0.3) is 0 Å². The van der Waals surface area contributed by atoms with Gasteiger partial charge in [0.1, 0.15) is 0 Å². The summed E-state index contributed by atoms with van der Waals surface area (Å²) in [4.78, 5) is 4.13. The van der Waals surface area contributed by atoms with Crippen molar-refractivity contribution in [3.8, 4) is 5.88 Å². The lowest BCUT2D eigenvalue weighted by Crippen LogP contribution is -1.99. The number of rotatable bonds is 4. The molecule has 0 amide bonds. The molecule has 1 aliphatic carbocycles. The van der Waals surface area contributed by atoms with E-state index in [2.05, 4.69) is 20.9 Å². The van der Waals surface area contributed by atoms with Crippen molar-refractivity contribution < 1.29 is 4.74 Å². The Kier molecular flexibility index (Phi) is 2.83. The fourth-order valence-corrected chi connectivity index (χ4v) is 1.42. The van der Waals surface area contributed by atoms with E-state index in [0.717, 1.165) is 22.9 Å². The van der Waals surface area contributed by atoms with E-state index in [-0.39, 0.29) is 0 Å². The van der Waals surface area contributed by atoms with Crippen LogP contribution in [-0.2, 0) is 0 Å². The summed E-state index contributed by atoms with van der Waals surface area (Å²) in [5.41, 5.74) is 0. The van der Waals surface area contributed by atoms with E-state index in [1.165, 1.54) is 19.3 Å². The van der Waals surface area contributed by atoms with Crippen LogP contribution < -0.4 is 4.74 Å². The number of pyridine rings is 1. The van der Waals surface area contributed by atoms with E-state index >= 15 is 0 Å². The highest BCUT2D eigenvalue weighted by molar-refractivity contribution is 9.10. The largest absolute Gasteiger partial charge is 0.478 e. The van der Waals surface area contributed by atoms with Crippen molar-refractivity contribution in [3.63, 3.8) is 0 Å². The normalized spacial score (nSPS) is 15.8. The number of aromatic nitrogens is 1. The maximum absolute atomic E-state index is 5.48. The Morgan fingerprint density at radius 2 is 2.31 bits per heavy atom. The molecule has 1 aromatic heterocycles. The molecule has 13 heavy (non-hydrogen) atoms. The Morgan fingerprint density at radius 3 is 2.92 bits per heavy atom. The summed E-state index contributed by atoms with van der Waals surface area (Å²) in [6.07, 6.45) is 5.71. The van der Waals surface area contributed by atoms with Crippen molar-refractivity contribution >= 4 is 15.9 Å². The molecule has 0 N–H and O–H groups in total. The average Bonchev–Trinajstić information content (AvgIpc) is 2.92. The smallest absolute Gasteiger partial charge is 0.213 e. The van der Waals surface area contributed by atoms with Crippen LogP contribution in [0.1, 0.15) is 19.3 Å². The topological polar surface area (TPSA) is 22.1 Å². The molecule has 1 heterocycles. The van der Waals surface area contributed by atoms with Gasteiger partial charge in [0.2, 0.25) is 5.88 Å². The second-order valence-corrected chi connectivity index (χ2v) is 4.31. The molecule has 2 rings (SSSR count). The molecule has 1 aliphatic rings. The Bertz CT molecular complexity index is 269. The first-order valence-electron chi connectivity index (χ1n) is 4.59. The molecule has 0 aliphatic heterocycles. The maximum atomic E-state index is 5.48. The van der Waals surface area contributed by atoms with Crippen LogP contribution in [0, 0.1) is 5.92 Å². The van der Waals surface area contributed by atoms with Crippen molar-refractivity contribution in [1.82, 2.24) is 4.98 Å². The minimum absolute atomic E-state index is 0.726. The zero-order valence-corrected chi connectivity index (χ0v) is 8.96. The summed E-state index contributed by atoms with van der Waals surface area (Å²) in [7, 11) is 0. The third-order valence-corrected chi connectivity index (χ3v) is 2.64. The van der Waals surface area contributed by atoms with Crippen LogP contribution in [0.3, 0.4) is 0 Å². The van der Waals surface area contributed by atoms with Crippen LogP contribution in [-0.4, -0.2) is 11.6 Å². The highest BCUT2D eigenvalue weighted by atomic mass is 79.9. The predicted octanol–water partition coefficient (Wildman–Crippen LogP) is 3.02. The van der Waals surface area contributed by atoms with Gasteiger partial charge < -0.3 is 4.74 Å². The lowest BCUT2D eigenvalue weighted by atomic mass is 10.3. The van der Waals surface area contributed by atoms with Crippen molar-refractivity contribution in [3.05, 3.63) is 22.8 Å². The van der Waals surface area contributed by atoms with Crippen LogP contribution in [0.25, 0.3) is 0 Å². The number of halogens is 1. The van der Waals surface area contributed by atoms with Crippen molar-refractivity contribution in [1.29, 1.82) is 0 Å². The van der Waals surface area contributed by atoms with Crippen LogP contribution in [0.5, 0.6) is 5.88 Å². The summed E-state index contributed by atoms with van der Waals surface area (Å²) in [5, 5.41) is 0. The minimum atomic E-state index is 0.726. The monoisotopic (exact) mass is 241 g/mol. The third kappa shape index (κ3) is 2.99. The summed E-state index contributed by atoms with van der Waals surface area (Å²) < 4.78 is 6.47. The van der Waals surface area contributed by atoms with Gasteiger partial charge in [-0.1, -0.05) is 12.8 Å². The maximum Gasteiger partial charge on any atom is 0.213 e. The lowest BCUT2D eigenvalue weighted by molar-refractivity contribution is 0.291. The minimum Gasteiger partial charge on any atom is -0.478 e. The van der Waals surface area contributed by atoms with Crippen molar-refractivity contribution in [2.45, 2.75) is 19.3 Å². The van der Waals surface area contributed by atoms with Gasteiger partial charge in [-0.3, -0.25) is 0 Å². The third-order valence-electron chi connectivity index (χ3n) is 2.17. The van der Waals surface area contributed by atoms with Gasteiger partial charge in [-0.2, -0.15) is 0 Å². The van der Waals surface area contributed by atoms with Crippen LogP contribution in [0.15, 0.2) is 22.8 Å². The molecule has 0 bridgehead atoms. The second-order valence-electron chi connectivity index (χ2n) is 3.40. The van der Waals surface area contributed by atoms with Crippen molar-refractivity contribution in [2.24, 2.45) is 5.92 Å². The van der Waals surface area contributed by atoms with Crippen LogP contribution in [0.2, 0.25) is 0 Å². The molecule has 1 aromatic rings. The van der Waals surface area contributed by atoms with Gasteiger partial charge in [0, 0.05) is 16.7 Å². The predicted molar refractivity (Wildman–Crippen MR) is 54.8 cm³/mol. The molecule has 0 spiro atoms. The molecule has 0 aromatic carbocycles. The van der Waals surface area contributed by atoms with Crippen LogP contribution >= 0.6 is 15.9 Å². The number of hydrogen-bond donors (Lipinski definition) is 0. The molecular formula is C10H12BrNO. The standard InChI is InChI=1S/C10H12BrNO/c11-9-3-4-10(12-7-9)13-6-5-8-1-2-8/h3-4,7-8H,1-2,5-6H2. The SMILES string of the molecule is Brc1ccc(OCCC2CC2)nc1. The zero-order valence-electron chi connectivity index (χ0n) is 7.37. The van der Waals surface area contributed by atoms with Gasteiger partial charge in [-0.05, 0) is 34.3 Å². The van der Waals surface area contributed by atoms with E-state index in [4.69, 9.17) is 4.74 Å². The highest BCUT2D eigenvalue weighted by Gasteiger charge is 2.20. The highest BCUT2D eigenvalue weighted by Crippen LogP contribution is 2.32. The number of ether oxygens (including phenoxy) is 1. The molecule has 0 radical (unpaired) electrons. The van der Waals surface area contributed by atoms with E-state index in [9.17, 15) is 0 Å². The first-order valence-corrected chi connectivity index (χ1v) is 5.38. The van der Waals surface area contributed by atoms with Gasteiger partial charge in [0.05, 0.1) is 6.61 Å². The Balaban J connectivity index is 1.76. The fraction of sp³-hybridized carbons (Fsp3) is 0.500. The first kappa shape index (κ1) is 9.00. The second kappa shape index (κ2) is 4.09. The first-order chi connectivity index (χ1) is 6.34. The lowest BCUT2D eigenvalue weighted by Gasteiger charge is -2.03. The van der Waals surface area contributed by atoms with E-state index in [1.807, 2.05) is 12.1 Å². The van der Waals surface area contributed by atoms with Crippen molar-refractivity contribution in [2.75, 3.05) is 6.61 Å². The molecule has 1 fully saturated rings. The molecule has 0 unspecified atom stereocenters. The molecule has 0 saturated heterocycles. The fourth-order valence-electron chi connectivity index (χ4n) is 1.18. The average molecular weight is 242 g/mol. The summed E-state index contributed by atoms with van der Waals surface area (Å²) >= 11 is 3.33. The Labute approximate surface area is 86.5 Å². The molecular weight excluding hydrogens is 230 g/mol. The molecule has 1 saturated carbocycles. The summed E-state index contributed by atoms with van der Waals surface area (Å²) in [6, 6.07) is 3.83. The molecule has 2 nitrogen and oxygen atoms in total.